The third-order valence-electron chi connectivity index (χ3n) is 5.37. The SMILES string of the molecule is COc1ccccc1NC(=O)N1CCC(CNC(=O)C(=O)NCc2ccc(Cl)cc2)CC1. The molecule has 0 bridgehead atoms. The average molecular weight is 459 g/mol. The predicted octanol–water partition coefficient (Wildman–Crippen LogP) is 3.03. The highest BCUT2D eigenvalue weighted by atomic mass is 35.5. The minimum Gasteiger partial charge on any atom is -0.495 e. The number of carbonyl (C=O) groups excluding carboxylic acids is 3. The normalized spacial score (nSPS) is 13.9. The van der Waals surface area contributed by atoms with Gasteiger partial charge in [-0.1, -0.05) is 35.9 Å². The second-order valence-corrected chi connectivity index (χ2v) is 8.02. The molecule has 0 saturated carbocycles. The van der Waals surface area contributed by atoms with E-state index in [1.54, 1.807) is 48.4 Å². The first kappa shape index (κ1) is 23.4. The van der Waals surface area contributed by atoms with Crippen molar-refractivity contribution in [3.8, 4) is 5.75 Å². The maximum Gasteiger partial charge on any atom is 0.321 e. The van der Waals surface area contributed by atoms with Gasteiger partial charge in [0.1, 0.15) is 5.75 Å². The smallest absolute Gasteiger partial charge is 0.321 e. The summed E-state index contributed by atoms with van der Waals surface area (Å²) in [4.78, 5) is 38.3. The van der Waals surface area contributed by atoms with Crippen LogP contribution in [0.5, 0.6) is 5.75 Å². The van der Waals surface area contributed by atoms with E-state index in [1.165, 1.54) is 0 Å². The number of rotatable bonds is 6. The summed E-state index contributed by atoms with van der Waals surface area (Å²) in [6.45, 7) is 1.80. The number of likely N-dealkylation sites (tertiary alicyclic amines) is 1. The summed E-state index contributed by atoms with van der Waals surface area (Å²) in [5.41, 5.74) is 1.48. The van der Waals surface area contributed by atoms with Crippen LogP contribution in [0.1, 0.15) is 18.4 Å². The molecule has 32 heavy (non-hydrogen) atoms. The molecule has 2 aromatic carbocycles. The molecule has 170 valence electrons. The lowest BCUT2D eigenvalue weighted by atomic mass is 9.97. The van der Waals surface area contributed by atoms with Gasteiger partial charge in [0.05, 0.1) is 12.8 Å². The van der Waals surface area contributed by atoms with Gasteiger partial charge in [0.15, 0.2) is 0 Å². The number of piperidine rings is 1. The molecule has 0 radical (unpaired) electrons. The Labute approximate surface area is 192 Å². The highest BCUT2D eigenvalue weighted by Gasteiger charge is 2.24. The van der Waals surface area contributed by atoms with Crippen molar-refractivity contribution < 1.29 is 19.1 Å². The van der Waals surface area contributed by atoms with E-state index in [0.717, 1.165) is 18.4 Å². The van der Waals surface area contributed by atoms with Crippen molar-refractivity contribution in [2.45, 2.75) is 19.4 Å². The van der Waals surface area contributed by atoms with Gasteiger partial charge in [0.2, 0.25) is 0 Å². The first-order valence-electron chi connectivity index (χ1n) is 10.5. The Hall–Kier alpha value is -3.26. The van der Waals surface area contributed by atoms with Crippen LogP contribution in [-0.2, 0) is 16.1 Å². The summed E-state index contributed by atoms with van der Waals surface area (Å²) < 4.78 is 5.26. The predicted molar refractivity (Wildman–Crippen MR) is 123 cm³/mol. The summed E-state index contributed by atoms with van der Waals surface area (Å²) in [6, 6.07) is 14.1. The highest BCUT2D eigenvalue weighted by molar-refractivity contribution is 6.35. The zero-order valence-electron chi connectivity index (χ0n) is 17.9. The number of methoxy groups -OCH3 is 1. The fourth-order valence-electron chi connectivity index (χ4n) is 3.46. The van der Waals surface area contributed by atoms with E-state index >= 15 is 0 Å². The number of ether oxygens (including phenoxy) is 1. The summed E-state index contributed by atoms with van der Waals surface area (Å²) in [5.74, 6) is -0.519. The Morgan fingerprint density at radius 2 is 1.66 bits per heavy atom. The number of urea groups is 1. The number of hydrogen-bond acceptors (Lipinski definition) is 4. The molecule has 0 atom stereocenters. The molecule has 1 saturated heterocycles. The number of hydrogen-bond donors (Lipinski definition) is 3. The Kier molecular flexibility index (Phi) is 8.33. The molecule has 3 N–H and O–H groups in total. The molecule has 3 rings (SSSR count). The number of nitrogens with one attached hydrogen (secondary N) is 3. The van der Waals surface area contributed by atoms with Crippen LogP contribution in [0, 0.1) is 5.92 Å². The molecule has 1 heterocycles. The molecule has 0 unspecified atom stereocenters. The van der Waals surface area contributed by atoms with Crippen LogP contribution >= 0.6 is 11.6 Å². The maximum atomic E-state index is 12.5. The average Bonchev–Trinajstić information content (AvgIpc) is 2.82. The minimum absolute atomic E-state index is 0.182. The number of benzene rings is 2. The van der Waals surface area contributed by atoms with Crippen LogP contribution < -0.4 is 20.7 Å². The Bertz CT molecular complexity index is 943. The van der Waals surface area contributed by atoms with E-state index in [-0.39, 0.29) is 18.5 Å². The molecule has 1 aliphatic heterocycles. The van der Waals surface area contributed by atoms with E-state index in [0.29, 0.717) is 36.1 Å². The van der Waals surface area contributed by atoms with Crippen molar-refractivity contribution in [1.29, 1.82) is 0 Å². The molecule has 8 nitrogen and oxygen atoms in total. The number of nitrogens with zero attached hydrogens (tertiary/aromatic N) is 1. The molecular weight excluding hydrogens is 432 g/mol. The van der Waals surface area contributed by atoms with Crippen molar-refractivity contribution in [1.82, 2.24) is 15.5 Å². The third-order valence-corrected chi connectivity index (χ3v) is 5.63. The van der Waals surface area contributed by atoms with Crippen LogP contribution in [0.3, 0.4) is 0 Å². The first-order valence-corrected chi connectivity index (χ1v) is 10.8. The quantitative estimate of drug-likeness (QED) is 0.579. The van der Waals surface area contributed by atoms with Crippen LogP contribution in [0.15, 0.2) is 48.5 Å². The molecular formula is C23H27ClN4O4. The standard InChI is InChI=1S/C23H27ClN4O4/c1-32-20-5-3-2-4-19(20)27-23(31)28-12-10-17(11-13-28)15-26-22(30)21(29)25-14-16-6-8-18(24)9-7-16/h2-9,17H,10-15H2,1H3,(H,25,29)(H,26,30)(H,27,31). The molecule has 1 aliphatic rings. The lowest BCUT2D eigenvalue weighted by molar-refractivity contribution is -0.139. The van der Waals surface area contributed by atoms with Crippen LogP contribution in [0.25, 0.3) is 0 Å². The van der Waals surface area contributed by atoms with Crippen molar-refractivity contribution in [2.24, 2.45) is 5.92 Å². The second-order valence-electron chi connectivity index (χ2n) is 7.58. The van der Waals surface area contributed by atoms with Gasteiger partial charge < -0.3 is 25.6 Å². The Morgan fingerprint density at radius 1 is 1.00 bits per heavy atom. The minimum atomic E-state index is -0.673. The van der Waals surface area contributed by atoms with Crippen LogP contribution in [0.2, 0.25) is 5.02 Å². The molecule has 0 spiro atoms. The van der Waals surface area contributed by atoms with Crippen molar-refractivity contribution >= 4 is 35.1 Å². The van der Waals surface area contributed by atoms with E-state index in [1.807, 2.05) is 12.1 Å². The lowest BCUT2D eigenvalue weighted by Gasteiger charge is -2.32. The third kappa shape index (κ3) is 6.62. The van der Waals surface area contributed by atoms with Gasteiger partial charge in [-0.3, -0.25) is 9.59 Å². The number of para-hydroxylation sites is 2. The maximum absolute atomic E-state index is 12.5. The summed E-state index contributed by atoms with van der Waals surface area (Å²) in [7, 11) is 1.56. The van der Waals surface area contributed by atoms with Gasteiger partial charge in [-0.2, -0.15) is 0 Å². The zero-order valence-corrected chi connectivity index (χ0v) is 18.7. The molecule has 1 fully saturated rings. The van der Waals surface area contributed by atoms with E-state index < -0.39 is 11.8 Å². The van der Waals surface area contributed by atoms with Crippen molar-refractivity contribution in [3.63, 3.8) is 0 Å². The number of carbonyl (C=O) groups is 3. The molecule has 9 heteroatoms. The summed E-state index contributed by atoms with van der Waals surface area (Å²) >= 11 is 5.83. The Morgan fingerprint density at radius 3 is 2.34 bits per heavy atom. The second kappa shape index (κ2) is 11.4. The largest absolute Gasteiger partial charge is 0.495 e. The van der Waals surface area contributed by atoms with Gasteiger partial charge in [0.25, 0.3) is 0 Å². The van der Waals surface area contributed by atoms with Gasteiger partial charge in [-0.25, -0.2) is 4.79 Å². The highest BCUT2D eigenvalue weighted by Crippen LogP contribution is 2.24. The van der Waals surface area contributed by atoms with E-state index in [4.69, 9.17) is 16.3 Å². The van der Waals surface area contributed by atoms with E-state index in [2.05, 4.69) is 16.0 Å². The Balaban J connectivity index is 1.37. The topological polar surface area (TPSA) is 99.8 Å². The lowest BCUT2D eigenvalue weighted by Crippen LogP contribution is -2.45. The summed E-state index contributed by atoms with van der Waals surface area (Å²) in [6.07, 6.45) is 1.48. The first-order chi connectivity index (χ1) is 15.5. The van der Waals surface area contributed by atoms with E-state index in [9.17, 15) is 14.4 Å². The molecule has 4 amide bonds. The van der Waals surface area contributed by atoms with Gasteiger partial charge in [0, 0.05) is 31.2 Å². The fourth-order valence-corrected chi connectivity index (χ4v) is 3.59. The fraction of sp³-hybridized carbons (Fsp3) is 0.348. The van der Waals surface area contributed by atoms with Gasteiger partial charge >= 0.3 is 17.8 Å². The zero-order chi connectivity index (χ0) is 22.9. The number of halogens is 1. The number of amides is 4. The molecule has 0 aliphatic carbocycles. The summed E-state index contributed by atoms with van der Waals surface area (Å²) in [5, 5.41) is 8.77. The van der Waals surface area contributed by atoms with Crippen molar-refractivity contribution in [2.75, 3.05) is 32.1 Å². The van der Waals surface area contributed by atoms with Gasteiger partial charge in [-0.05, 0) is 48.6 Å². The monoisotopic (exact) mass is 458 g/mol. The van der Waals surface area contributed by atoms with Crippen LogP contribution in [-0.4, -0.2) is 49.5 Å². The van der Waals surface area contributed by atoms with Crippen LogP contribution in [0.4, 0.5) is 10.5 Å². The number of anilines is 1. The molecule has 0 aromatic heterocycles. The molecule has 2 aromatic rings. The van der Waals surface area contributed by atoms with Crippen molar-refractivity contribution in [3.05, 3.63) is 59.1 Å². The van der Waals surface area contributed by atoms with Gasteiger partial charge in [-0.15, -0.1) is 0 Å².